The van der Waals surface area contributed by atoms with Crippen LogP contribution in [0.1, 0.15) is 19.3 Å². The standard InChI is InChI=1S/C16H17BrClN3O3/c17-11-6-13-10(5-12(11)18)16(24)21(8-20-13)7-9(22)4-14-15(23)2-1-3-19-14/h5-6,8-9,14,19,22H,1-4,7H2/t9-,14+/m0/s1. The van der Waals surface area contributed by atoms with Crippen LogP contribution in [-0.2, 0) is 11.3 Å². The fourth-order valence-corrected chi connectivity index (χ4v) is 3.39. The van der Waals surface area contributed by atoms with Gasteiger partial charge in [-0.2, -0.15) is 0 Å². The molecule has 3 rings (SSSR count). The number of benzene rings is 1. The number of carbonyl (C=O) groups is 1. The summed E-state index contributed by atoms with van der Waals surface area (Å²) in [5, 5.41) is 14.2. The lowest BCUT2D eigenvalue weighted by molar-refractivity contribution is -0.123. The minimum absolute atomic E-state index is 0.0842. The van der Waals surface area contributed by atoms with Gasteiger partial charge < -0.3 is 10.4 Å². The molecule has 1 saturated heterocycles. The molecule has 0 unspecified atom stereocenters. The maximum absolute atomic E-state index is 12.5. The highest BCUT2D eigenvalue weighted by molar-refractivity contribution is 9.10. The first kappa shape index (κ1) is 17.5. The van der Waals surface area contributed by atoms with E-state index >= 15 is 0 Å². The first-order valence-corrected chi connectivity index (χ1v) is 8.91. The molecule has 1 aliphatic heterocycles. The van der Waals surface area contributed by atoms with E-state index in [0.717, 1.165) is 13.0 Å². The predicted octanol–water partition coefficient (Wildman–Crippen LogP) is 1.88. The number of aromatic nitrogens is 2. The highest BCUT2D eigenvalue weighted by Crippen LogP contribution is 2.25. The third kappa shape index (κ3) is 3.69. The molecule has 2 aromatic rings. The van der Waals surface area contributed by atoms with Gasteiger partial charge in [-0.3, -0.25) is 14.2 Å². The highest BCUT2D eigenvalue weighted by Gasteiger charge is 2.24. The molecule has 6 nitrogen and oxygen atoms in total. The van der Waals surface area contributed by atoms with Gasteiger partial charge in [-0.15, -0.1) is 0 Å². The van der Waals surface area contributed by atoms with Crippen LogP contribution < -0.4 is 10.9 Å². The van der Waals surface area contributed by atoms with Crippen LogP contribution in [0.25, 0.3) is 10.9 Å². The van der Waals surface area contributed by atoms with Crippen molar-refractivity contribution in [1.82, 2.24) is 14.9 Å². The summed E-state index contributed by atoms with van der Waals surface area (Å²) < 4.78 is 2.02. The Morgan fingerprint density at radius 3 is 3.00 bits per heavy atom. The molecule has 128 valence electrons. The van der Waals surface area contributed by atoms with Crippen LogP contribution in [0.5, 0.6) is 0 Å². The summed E-state index contributed by atoms with van der Waals surface area (Å²) in [4.78, 5) is 28.6. The molecular formula is C16H17BrClN3O3. The summed E-state index contributed by atoms with van der Waals surface area (Å²) >= 11 is 9.35. The Kier molecular flexibility index (Phi) is 5.34. The van der Waals surface area contributed by atoms with Gasteiger partial charge in [0.15, 0.2) is 0 Å². The van der Waals surface area contributed by atoms with E-state index in [4.69, 9.17) is 11.6 Å². The Labute approximate surface area is 152 Å². The lowest BCUT2D eigenvalue weighted by Crippen LogP contribution is -2.44. The molecule has 0 saturated carbocycles. The number of piperidine rings is 1. The number of aliphatic hydroxyl groups excluding tert-OH is 1. The van der Waals surface area contributed by atoms with E-state index in [1.54, 1.807) is 12.1 Å². The molecule has 1 aromatic carbocycles. The van der Waals surface area contributed by atoms with Crippen molar-refractivity contribution in [3.63, 3.8) is 0 Å². The smallest absolute Gasteiger partial charge is 0.261 e. The van der Waals surface area contributed by atoms with Gasteiger partial charge in [0.05, 0.1) is 40.9 Å². The van der Waals surface area contributed by atoms with Crippen molar-refractivity contribution in [2.75, 3.05) is 6.54 Å². The van der Waals surface area contributed by atoms with Crippen LogP contribution in [0.3, 0.4) is 0 Å². The Morgan fingerprint density at radius 2 is 2.25 bits per heavy atom. The summed E-state index contributed by atoms with van der Waals surface area (Å²) in [7, 11) is 0. The van der Waals surface area contributed by atoms with Crippen molar-refractivity contribution in [1.29, 1.82) is 0 Å². The third-order valence-corrected chi connectivity index (χ3v) is 5.36. The number of fused-ring (bicyclic) bond motifs is 1. The molecule has 0 aliphatic carbocycles. The number of carbonyl (C=O) groups excluding carboxylic acids is 1. The molecule has 0 bridgehead atoms. The Hall–Kier alpha value is -1.28. The number of halogens is 2. The second-order valence-corrected chi connectivity index (χ2v) is 7.21. The number of ketones is 1. The summed E-state index contributed by atoms with van der Waals surface area (Å²) in [5.74, 6) is 0.112. The Balaban J connectivity index is 1.79. The SMILES string of the molecule is O=C1CCCN[C@@H]1C[C@H](O)Cn1cnc2cc(Br)c(Cl)cc2c1=O. The summed E-state index contributed by atoms with van der Waals surface area (Å²) in [5.41, 5.74) is 0.266. The van der Waals surface area contributed by atoms with E-state index in [1.165, 1.54) is 10.9 Å². The lowest BCUT2D eigenvalue weighted by Gasteiger charge is -2.24. The molecule has 2 heterocycles. The minimum Gasteiger partial charge on any atom is -0.391 e. The van der Waals surface area contributed by atoms with Crippen LogP contribution in [0.2, 0.25) is 5.02 Å². The first-order chi connectivity index (χ1) is 11.5. The maximum atomic E-state index is 12.5. The van der Waals surface area contributed by atoms with Gasteiger partial charge in [-0.05, 0) is 47.4 Å². The van der Waals surface area contributed by atoms with Gasteiger partial charge in [0, 0.05) is 10.9 Å². The normalized spacial score (nSPS) is 19.6. The van der Waals surface area contributed by atoms with Crippen LogP contribution in [0, 0.1) is 0 Å². The van der Waals surface area contributed by atoms with Gasteiger partial charge in [0.25, 0.3) is 5.56 Å². The van der Waals surface area contributed by atoms with Gasteiger partial charge in [-0.1, -0.05) is 11.6 Å². The molecule has 2 N–H and O–H groups in total. The molecule has 1 fully saturated rings. The van der Waals surface area contributed by atoms with E-state index in [1.807, 2.05) is 0 Å². The number of hydrogen-bond acceptors (Lipinski definition) is 5. The van der Waals surface area contributed by atoms with E-state index in [9.17, 15) is 14.7 Å². The average Bonchev–Trinajstić information content (AvgIpc) is 2.54. The molecule has 1 aliphatic rings. The Bertz CT molecular complexity index is 839. The fourth-order valence-electron chi connectivity index (χ4n) is 2.90. The third-order valence-electron chi connectivity index (χ3n) is 4.16. The molecule has 8 heteroatoms. The van der Waals surface area contributed by atoms with Crippen molar-refractivity contribution in [2.24, 2.45) is 0 Å². The zero-order valence-electron chi connectivity index (χ0n) is 12.8. The quantitative estimate of drug-likeness (QED) is 0.798. The minimum atomic E-state index is -0.813. The number of Topliss-reactive ketones (excluding diaryl/α,β-unsaturated/α-hetero) is 1. The molecule has 24 heavy (non-hydrogen) atoms. The lowest BCUT2D eigenvalue weighted by atomic mass is 9.98. The van der Waals surface area contributed by atoms with Crippen LogP contribution in [0.4, 0.5) is 0 Å². The predicted molar refractivity (Wildman–Crippen MR) is 95.4 cm³/mol. The van der Waals surface area contributed by atoms with Crippen LogP contribution in [0.15, 0.2) is 27.7 Å². The maximum Gasteiger partial charge on any atom is 0.261 e. The van der Waals surface area contributed by atoms with Gasteiger partial charge in [-0.25, -0.2) is 4.98 Å². The van der Waals surface area contributed by atoms with Crippen molar-refractivity contribution >= 4 is 44.2 Å². The van der Waals surface area contributed by atoms with Crippen LogP contribution in [-0.4, -0.2) is 39.1 Å². The van der Waals surface area contributed by atoms with Crippen molar-refractivity contribution in [2.45, 2.75) is 38.0 Å². The van der Waals surface area contributed by atoms with Gasteiger partial charge in [0.1, 0.15) is 5.78 Å². The van der Waals surface area contributed by atoms with Crippen LogP contribution >= 0.6 is 27.5 Å². The number of nitrogens with zero attached hydrogens (tertiary/aromatic N) is 2. The largest absolute Gasteiger partial charge is 0.391 e. The molecule has 0 spiro atoms. The molecular weight excluding hydrogens is 398 g/mol. The monoisotopic (exact) mass is 413 g/mol. The van der Waals surface area contributed by atoms with Crippen molar-refractivity contribution < 1.29 is 9.90 Å². The number of aliphatic hydroxyl groups is 1. The summed E-state index contributed by atoms with van der Waals surface area (Å²) in [6.07, 6.45) is 2.24. The van der Waals surface area contributed by atoms with E-state index < -0.39 is 6.10 Å². The second kappa shape index (κ2) is 7.31. The number of nitrogens with one attached hydrogen (secondary N) is 1. The van der Waals surface area contributed by atoms with Gasteiger partial charge >= 0.3 is 0 Å². The van der Waals surface area contributed by atoms with Crippen molar-refractivity contribution in [3.05, 3.63) is 38.3 Å². The first-order valence-electron chi connectivity index (χ1n) is 7.74. The number of rotatable bonds is 4. The second-order valence-electron chi connectivity index (χ2n) is 5.95. The molecule has 1 aromatic heterocycles. The summed E-state index contributed by atoms with van der Waals surface area (Å²) in [6, 6.07) is 2.90. The van der Waals surface area contributed by atoms with Gasteiger partial charge in [0.2, 0.25) is 0 Å². The fraction of sp³-hybridized carbons (Fsp3) is 0.438. The summed E-state index contributed by atoms with van der Waals surface area (Å²) in [6.45, 7) is 0.856. The Morgan fingerprint density at radius 1 is 1.46 bits per heavy atom. The molecule has 0 amide bonds. The van der Waals surface area contributed by atoms with E-state index in [2.05, 4.69) is 26.2 Å². The van der Waals surface area contributed by atoms with Crippen molar-refractivity contribution in [3.8, 4) is 0 Å². The molecule has 0 radical (unpaired) electrons. The van der Waals surface area contributed by atoms with E-state index in [-0.39, 0.29) is 30.3 Å². The van der Waals surface area contributed by atoms with E-state index in [0.29, 0.717) is 26.8 Å². The number of hydrogen-bond donors (Lipinski definition) is 2. The zero-order chi connectivity index (χ0) is 17.3. The highest BCUT2D eigenvalue weighted by atomic mass is 79.9. The molecule has 2 atom stereocenters. The zero-order valence-corrected chi connectivity index (χ0v) is 15.2. The average molecular weight is 415 g/mol. The topological polar surface area (TPSA) is 84.2 Å².